The molecular formula is C21H33N2O9P. The number of carboxylic acid groups (broad SMARTS) is 1. The van der Waals surface area contributed by atoms with E-state index in [1.807, 2.05) is 0 Å². The number of carboxylic acids is 1. The number of aliphatic carboxylic acids is 1. The highest BCUT2D eigenvalue weighted by atomic mass is 31.2. The average Bonchev–Trinajstić information content (AvgIpc) is 2.70. The van der Waals surface area contributed by atoms with Crippen molar-refractivity contribution >= 4 is 25.8 Å². The van der Waals surface area contributed by atoms with Crippen LogP contribution >= 0.6 is 7.60 Å². The number of ether oxygens (including phenoxy) is 2. The minimum Gasteiger partial charge on any atom is -0.479 e. The number of rotatable bonds is 12. The number of unbranched alkanes of at least 4 members (excludes halogenated alkanes) is 1. The summed E-state index contributed by atoms with van der Waals surface area (Å²) < 4.78 is 27.5. The molecular weight excluding hydrogens is 455 g/mol. The molecule has 0 aliphatic heterocycles. The van der Waals surface area contributed by atoms with E-state index in [2.05, 4.69) is 10.6 Å². The maximum Gasteiger partial charge on any atom is 0.408 e. The number of amides is 2. The highest BCUT2D eigenvalue weighted by molar-refractivity contribution is 7.53. The van der Waals surface area contributed by atoms with Crippen molar-refractivity contribution < 1.29 is 42.9 Å². The number of nitrogens with one attached hydrogen (secondary N) is 2. The second-order valence-corrected chi connectivity index (χ2v) is 10.4. The third kappa shape index (κ3) is 12.3. The minimum atomic E-state index is -4.52. The number of hydrogen-bond donors (Lipinski definition) is 4. The lowest BCUT2D eigenvalue weighted by Crippen LogP contribution is -2.35. The molecule has 11 nitrogen and oxygen atoms in total. The monoisotopic (exact) mass is 488 g/mol. The van der Waals surface area contributed by atoms with Gasteiger partial charge in [-0.1, -0.05) is 30.3 Å². The van der Waals surface area contributed by atoms with Crippen LogP contribution in [0, 0.1) is 0 Å². The molecule has 4 N–H and O–H groups in total. The molecule has 12 heteroatoms. The van der Waals surface area contributed by atoms with Crippen molar-refractivity contribution in [2.45, 2.75) is 71.1 Å². The summed E-state index contributed by atoms with van der Waals surface area (Å²) in [4.78, 5) is 45.1. The summed E-state index contributed by atoms with van der Waals surface area (Å²) in [6.45, 7) is 6.61. The van der Waals surface area contributed by atoms with E-state index in [1.54, 1.807) is 51.1 Å². The van der Waals surface area contributed by atoms with Gasteiger partial charge in [-0.2, -0.15) is 0 Å². The fourth-order valence-corrected chi connectivity index (χ4v) is 3.48. The van der Waals surface area contributed by atoms with Gasteiger partial charge in [-0.05, 0) is 52.5 Å². The average molecular weight is 488 g/mol. The first-order chi connectivity index (χ1) is 15.3. The van der Waals surface area contributed by atoms with E-state index in [-0.39, 0.29) is 19.6 Å². The molecule has 0 saturated carbocycles. The van der Waals surface area contributed by atoms with Gasteiger partial charge >= 0.3 is 25.8 Å². The van der Waals surface area contributed by atoms with Gasteiger partial charge < -0.3 is 30.1 Å². The van der Waals surface area contributed by atoms with E-state index in [1.165, 1.54) is 6.92 Å². The van der Waals surface area contributed by atoms with Crippen molar-refractivity contribution in [1.82, 2.24) is 10.6 Å². The molecule has 1 aromatic carbocycles. The van der Waals surface area contributed by atoms with E-state index in [0.29, 0.717) is 12.8 Å². The molecule has 186 valence electrons. The summed E-state index contributed by atoms with van der Waals surface area (Å²) in [5.74, 6) is -2.81. The number of alkyl carbamates (subject to hydrolysis) is 2. The fourth-order valence-electron chi connectivity index (χ4n) is 2.47. The highest BCUT2D eigenvalue weighted by Gasteiger charge is 2.36. The summed E-state index contributed by atoms with van der Waals surface area (Å²) in [6.07, 6.45) is -2.46. The summed E-state index contributed by atoms with van der Waals surface area (Å²) in [6, 6.07) is 8.85. The standard InChI is InChI=1S/C21H33N2O9P/c1-15(23-20(27)30-14-16-10-6-5-7-11-16)33(28,29)32-17(18(24)25)12-8-9-13-22-19(26)31-21(2,3)4/h5-7,10-11,15,17H,8-9,12-14H2,1-4H3,(H,22,26)(H,23,27)(H,24,25)(H,28,29)/t15-,17+/m1/s1. The van der Waals surface area contributed by atoms with Crippen LogP contribution in [0.5, 0.6) is 0 Å². The molecule has 0 bridgehead atoms. The van der Waals surface area contributed by atoms with Crippen LogP contribution < -0.4 is 10.6 Å². The Morgan fingerprint density at radius 1 is 1.09 bits per heavy atom. The Morgan fingerprint density at radius 2 is 1.73 bits per heavy atom. The number of carbonyl (C=O) groups excluding carboxylic acids is 2. The van der Waals surface area contributed by atoms with Gasteiger partial charge in [0.05, 0.1) is 0 Å². The van der Waals surface area contributed by atoms with E-state index in [9.17, 15) is 28.9 Å². The van der Waals surface area contributed by atoms with Gasteiger partial charge in [0.25, 0.3) is 0 Å². The molecule has 0 spiro atoms. The Hall–Kier alpha value is -2.62. The van der Waals surface area contributed by atoms with Crippen molar-refractivity contribution in [1.29, 1.82) is 0 Å². The van der Waals surface area contributed by atoms with Crippen LogP contribution in [-0.2, 0) is 30.0 Å². The van der Waals surface area contributed by atoms with Gasteiger partial charge in [0, 0.05) is 6.54 Å². The van der Waals surface area contributed by atoms with Crippen LogP contribution in [0.2, 0.25) is 0 Å². The second-order valence-electron chi connectivity index (χ2n) is 8.30. The van der Waals surface area contributed by atoms with Crippen molar-refractivity contribution in [3.05, 3.63) is 35.9 Å². The lowest BCUT2D eigenvalue weighted by atomic mass is 10.1. The van der Waals surface area contributed by atoms with Gasteiger partial charge in [-0.3, -0.25) is 9.09 Å². The van der Waals surface area contributed by atoms with E-state index in [4.69, 9.17) is 14.0 Å². The van der Waals surface area contributed by atoms with E-state index >= 15 is 0 Å². The molecule has 1 unspecified atom stereocenters. The van der Waals surface area contributed by atoms with E-state index in [0.717, 1.165) is 5.56 Å². The second kappa shape index (κ2) is 13.2. The van der Waals surface area contributed by atoms with Crippen LogP contribution in [0.15, 0.2) is 30.3 Å². The fraction of sp³-hybridized carbons (Fsp3) is 0.571. The number of benzene rings is 1. The third-order valence-corrected chi connectivity index (χ3v) is 5.81. The first-order valence-corrected chi connectivity index (χ1v) is 12.1. The number of carbonyl (C=O) groups is 3. The Kier molecular flexibility index (Phi) is 11.3. The lowest BCUT2D eigenvalue weighted by Gasteiger charge is -2.23. The Balaban J connectivity index is 2.44. The highest BCUT2D eigenvalue weighted by Crippen LogP contribution is 2.48. The largest absolute Gasteiger partial charge is 0.479 e. The molecule has 0 fully saturated rings. The van der Waals surface area contributed by atoms with Gasteiger partial charge in [0.1, 0.15) is 18.0 Å². The van der Waals surface area contributed by atoms with Gasteiger partial charge in [-0.15, -0.1) is 0 Å². The summed E-state index contributed by atoms with van der Waals surface area (Å²) in [5.41, 5.74) is 0.101. The maximum absolute atomic E-state index is 12.5. The molecule has 0 aromatic heterocycles. The van der Waals surface area contributed by atoms with E-state index < -0.39 is 43.2 Å². The molecule has 0 heterocycles. The van der Waals surface area contributed by atoms with Crippen molar-refractivity contribution in [3.8, 4) is 0 Å². The molecule has 3 atom stereocenters. The topological polar surface area (TPSA) is 160 Å². The zero-order chi connectivity index (χ0) is 25.1. The molecule has 1 rings (SSSR count). The Bertz CT molecular complexity index is 827. The number of hydrogen-bond acceptors (Lipinski definition) is 7. The van der Waals surface area contributed by atoms with Crippen LogP contribution in [0.3, 0.4) is 0 Å². The van der Waals surface area contributed by atoms with Crippen molar-refractivity contribution in [2.24, 2.45) is 0 Å². The Labute approximate surface area is 193 Å². The zero-order valence-electron chi connectivity index (χ0n) is 19.3. The first kappa shape index (κ1) is 28.4. The quantitative estimate of drug-likeness (QED) is 0.254. The van der Waals surface area contributed by atoms with Crippen LogP contribution in [0.4, 0.5) is 9.59 Å². The lowest BCUT2D eigenvalue weighted by molar-refractivity contribution is -0.145. The molecule has 0 saturated heterocycles. The minimum absolute atomic E-state index is 0.0366. The van der Waals surface area contributed by atoms with Crippen molar-refractivity contribution in [3.63, 3.8) is 0 Å². The predicted molar refractivity (Wildman–Crippen MR) is 120 cm³/mol. The summed E-state index contributed by atoms with van der Waals surface area (Å²) in [7, 11) is -4.52. The predicted octanol–water partition coefficient (Wildman–Crippen LogP) is 3.61. The van der Waals surface area contributed by atoms with Gasteiger partial charge in [0.2, 0.25) is 0 Å². The van der Waals surface area contributed by atoms with Crippen LogP contribution in [0.25, 0.3) is 0 Å². The molecule has 2 amide bonds. The molecule has 0 radical (unpaired) electrons. The maximum atomic E-state index is 12.5. The molecule has 33 heavy (non-hydrogen) atoms. The summed E-state index contributed by atoms with van der Waals surface area (Å²) in [5, 5.41) is 14.1. The zero-order valence-corrected chi connectivity index (χ0v) is 20.2. The molecule has 0 aliphatic rings. The van der Waals surface area contributed by atoms with Gasteiger partial charge in [-0.25, -0.2) is 14.4 Å². The third-order valence-electron chi connectivity index (χ3n) is 4.14. The van der Waals surface area contributed by atoms with Gasteiger partial charge in [0.15, 0.2) is 6.10 Å². The molecule has 0 aliphatic carbocycles. The molecule has 1 aromatic rings. The van der Waals surface area contributed by atoms with Crippen LogP contribution in [-0.4, -0.2) is 52.2 Å². The normalized spacial score (nSPS) is 14.9. The SMILES string of the molecule is C[C@H](NC(=O)OCc1ccccc1)P(=O)(O)O[C@@H](CCCCNC(=O)OC(C)(C)C)C(=O)O. The first-order valence-electron chi connectivity index (χ1n) is 10.5. The smallest absolute Gasteiger partial charge is 0.408 e. The summed E-state index contributed by atoms with van der Waals surface area (Å²) >= 11 is 0. The Morgan fingerprint density at radius 3 is 2.30 bits per heavy atom. The van der Waals surface area contributed by atoms with Crippen LogP contribution in [0.1, 0.15) is 52.5 Å². The van der Waals surface area contributed by atoms with Crippen molar-refractivity contribution in [2.75, 3.05) is 6.54 Å².